The SMILES string of the molecule is C/C=C\c1ncc(-c2ccc(F)c(C)c2)cc1C.CCC. The standard InChI is InChI=1S/C16H16FN.C3H8/c1-4-5-16-12(3)9-14(10-18-16)13-6-7-15(17)11(2)8-13;1-3-2/h4-10H,1-3H3;3H2,1-2H3/b5-4-;. The minimum Gasteiger partial charge on any atom is -0.256 e. The molecule has 2 aromatic rings. The predicted molar refractivity (Wildman–Crippen MR) is 89.8 cm³/mol. The Labute approximate surface area is 127 Å². The fourth-order valence-corrected chi connectivity index (χ4v) is 1.90. The van der Waals surface area contributed by atoms with E-state index in [4.69, 9.17) is 0 Å². The van der Waals surface area contributed by atoms with Crippen molar-refractivity contribution in [2.75, 3.05) is 0 Å². The lowest BCUT2D eigenvalue weighted by molar-refractivity contribution is 0.619. The summed E-state index contributed by atoms with van der Waals surface area (Å²) in [5, 5.41) is 0. The summed E-state index contributed by atoms with van der Waals surface area (Å²) in [7, 11) is 0. The van der Waals surface area contributed by atoms with Crippen LogP contribution in [-0.2, 0) is 0 Å². The molecular formula is C19H24FN. The molecule has 0 aliphatic heterocycles. The second-order valence-electron chi connectivity index (χ2n) is 5.10. The van der Waals surface area contributed by atoms with Gasteiger partial charge in [-0.15, -0.1) is 0 Å². The molecule has 0 bridgehead atoms. The van der Waals surface area contributed by atoms with Gasteiger partial charge in [-0.25, -0.2) is 4.39 Å². The molecule has 112 valence electrons. The van der Waals surface area contributed by atoms with Crippen LogP contribution in [0.25, 0.3) is 17.2 Å². The van der Waals surface area contributed by atoms with Crippen molar-refractivity contribution >= 4 is 6.08 Å². The summed E-state index contributed by atoms with van der Waals surface area (Å²) < 4.78 is 13.2. The fourth-order valence-electron chi connectivity index (χ4n) is 1.90. The Morgan fingerprint density at radius 2 is 1.67 bits per heavy atom. The maximum atomic E-state index is 13.2. The third-order valence-electron chi connectivity index (χ3n) is 2.93. The van der Waals surface area contributed by atoms with Crippen LogP contribution in [0.1, 0.15) is 44.0 Å². The summed E-state index contributed by atoms with van der Waals surface area (Å²) in [6.45, 7) is 10.0. The van der Waals surface area contributed by atoms with Crippen molar-refractivity contribution in [2.24, 2.45) is 0 Å². The van der Waals surface area contributed by atoms with Gasteiger partial charge < -0.3 is 0 Å². The van der Waals surface area contributed by atoms with Crippen LogP contribution in [0.15, 0.2) is 36.5 Å². The first-order chi connectivity index (χ1) is 10.0. The van der Waals surface area contributed by atoms with Gasteiger partial charge in [0, 0.05) is 11.8 Å². The molecule has 0 atom stereocenters. The van der Waals surface area contributed by atoms with Crippen molar-refractivity contribution in [1.29, 1.82) is 0 Å². The van der Waals surface area contributed by atoms with Crippen LogP contribution in [0.4, 0.5) is 4.39 Å². The van der Waals surface area contributed by atoms with E-state index in [-0.39, 0.29) is 5.82 Å². The van der Waals surface area contributed by atoms with Crippen LogP contribution < -0.4 is 0 Å². The summed E-state index contributed by atoms with van der Waals surface area (Å²) in [5.41, 5.74) is 4.76. The molecule has 0 spiro atoms. The lowest BCUT2D eigenvalue weighted by Gasteiger charge is -2.06. The van der Waals surface area contributed by atoms with Gasteiger partial charge >= 0.3 is 0 Å². The minimum absolute atomic E-state index is 0.172. The van der Waals surface area contributed by atoms with Crippen LogP contribution in [0.2, 0.25) is 0 Å². The van der Waals surface area contributed by atoms with Gasteiger partial charge in [-0.3, -0.25) is 4.98 Å². The van der Waals surface area contributed by atoms with Crippen molar-refractivity contribution in [1.82, 2.24) is 4.98 Å². The molecule has 1 heterocycles. The van der Waals surface area contributed by atoms with Gasteiger partial charge in [-0.05, 0) is 61.7 Å². The quantitative estimate of drug-likeness (QED) is 0.664. The van der Waals surface area contributed by atoms with Gasteiger partial charge in [0.2, 0.25) is 0 Å². The Morgan fingerprint density at radius 1 is 1.05 bits per heavy atom. The van der Waals surface area contributed by atoms with Gasteiger partial charge in [0.05, 0.1) is 5.69 Å². The van der Waals surface area contributed by atoms with Crippen LogP contribution in [0.3, 0.4) is 0 Å². The molecule has 2 heteroatoms. The van der Waals surface area contributed by atoms with Crippen LogP contribution in [0, 0.1) is 19.7 Å². The number of allylic oxidation sites excluding steroid dienone is 1. The van der Waals surface area contributed by atoms with E-state index in [2.05, 4.69) is 24.9 Å². The molecular weight excluding hydrogens is 261 g/mol. The number of aromatic nitrogens is 1. The second-order valence-corrected chi connectivity index (χ2v) is 5.10. The highest BCUT2D eigenvalue weighted by Gasteiger charge is 2.04. The predicted octanol–water partition coefficient (Wildman–Crippen LogP) is 5.95. The Hall–Kier alpha value is -1.96. The number of hydrogen-bond donors (Lipinski definition) is 0. The van der Waals surface area contributed by atoms with Crippen molar-refractivity contribution < 1.29 is 4.39 Å². The monoisotopic (exact) mass is 285 g/mol. The molecule has 0 unspecified atom stereocenters. The van der Waals surface area contributed by atoms with Crippen molar-refractivity contribution in [3.8, 4) is 11.1 Å². The molecule has 0 amide bonds. The lowest BCUT2D eigenvalue weighted by Crippen LogP contribution is -1.90. The molecule has 0 saturated carbocycles. The third kappa shape index (κ3) is 4.82. The molecule has 0 fully saturated rings. The number of halogens is 1. The molecule has 21 heavy (non-hydrogen) atoms. The van der Waals surface area contributed by atoms with E-state index < -0.39 is 0 Å². The zero-order valence-electron chi connectivity index (χ0n) is 13.6. The zero-order valence-corrected chi connectivity index (χ0v) is 13.6. The maximum absolute atomic E-state index is 13.2. The van der Waals surface area contributed by atoms with Crippen molar-refractivity contribution in [3.05, 3.63) is 59.2 Å². The molecule has 1 aromatic carbocycles. The molecule has 1 nitrogen and oxygen atoms in total. The van der Waals surface area contributed by atoms with Crippen molar-refractivity contribution in [2.45, 2.75) is 41.0 Å². The highest BCUT2D eigenvalue weighted by atomic mass is 19.1. The first-order valence-electron chi connectivity index (χ1n) is 7.39. The fraction of sp³-hybridized carbons (Fsp3) is 0.316. The Balaban J connectivity index is 0.000000677. The topological polar surface area (TPSA) is 12.9 Å². The normalized spacial score (nSPS) is 10.4. The number of nitrogens with zero attached hydrogens (tertiary/aromatic N) is 1. The van der Waals surface area contributed by atoms with Gasteiger partial charge in [-0.1, -0.05) is 32.4 Å². The van der Waals surface area contributed by atoms with E-state index in [9.17, 15) is 4.39 Å². The molecule has 0 saturated heterocycles. The van der Waals surface area contributed by atoms with Crippen LogP contribution in [-0.4, -0.2) is 4.98 Å². The van der Waals surface area contributed by atoms with Gasteiger partial charge in [0.1, 0.15) is 5.82 Å². The average Bonchev–Trinajstić information content (AvgIpc) is 2.45. The second kappa shape index (κ2) is 8.35. The number of pyridine rings is 1. The lowest BCUT2D eigenvalue weighted by atomic mass is 10.0. The zero-order chi connectivity index (χ0) is 15.8. The van der Waals surface area contributed by atoms with E-state index in [1.54, 1.807) is 13.0 Å². The summed E-state index contributed by atoms with van der Waals surface area (Å²) in [6, 6.07) is 7.21. The van der Waals surface area contributed by atoms with Crippen LogP contribution in [0.5, 0.6) is 0 Å². The van der Waals surface area contributed by atoms with Gasteiger partial charge in [0.25, 0.3) is 0 Å². The van der Waals surface area contributed by atoms with Gasteiger partial charge in [0.15, 0.2) is 0 Å². The number of aryl methyl sites for hydroxylation is 2. The number of benzene rings is 1. The van der Waals surface area contributed by atoms with Crippen molar-refractivity contribution in [3.63, 3.8) is 0 Å². The Kier molecular flexibility index (Phi) is 6.80. The molecule has 1 aromatic heterocycles. The molecule has 0 aliphatic carbocycles. The van der Waals surface area contributed by atoms with E-state index in [1.165, 1.54) is 12.5 Å². The first kappa shape index (κ1) is 17.1. The van der Waals surface area contributed by atoms with E-state index in [0.717, 1.165) is 22.4 Å². The molecule has 0 radical (unpaired) electrons. The first-order valence-corrected chi connectivity index (χ1v) is 7.39. The minimum atomic E-state index is -0.172. The number of rotatable bonds is 2. The van der Waals surface area contributed by atoms with Gasteiger partial charge in [-0.2, -0.15) is 0 Å². The van der Waals surface area contributed by atoms with E-state index >= 15 is 0 Å². The summed E-state index contributed by atoms with van der Waals surface area (Å²) in [5.74, 6) is -0.172. The summed E-state index contributed by atoms with van der Waals surface area (Å²) in [4.78, 5) is 4.42. The third-order valence-corrected chi connectivity index (χ3v) is 2.93. The number of hydrogen-bond acceptors (Lipinski definition) is 1. The Morgan fingerprint density at radius 3 is 2.19 bits per heavy atom. The van der Waals surface area contributed by atoms with Crippen LogP contribution >= 0.6 is 0 Å². The maximum Gasteiger partial charge on any atom is 0.126 e. The summed E-state index contributed by atoms with van der Waals surface area (Å²) in [6.07, 6.45) is 7.03. The largest absolute Gasteiger partial charge is 0.256 e. The van der Waals surface area contributed by atoms with E-state index in [1.807, 2.05) is 38.3 Å². The highest BCUT2D eigenvalue weighted by molar-refractivity contribution is 5.66. The molecule has 2 rings (SSSR count). The molecule has 0 N–H and O–H groups in total. The summed E-state index contributed by atoms with van der Waals surface area (Å²) >= 11 is 0. The Bertz CT molecular complexity index is 615. The smallest absolute Gasteiger partial charge is 0.126 e. The van der Waals surface area contributed by atoms with E-state index in [0.29, 0.717) is 5.56 Å². The highest BCUT2D eigenvalue weighted by Crippen LogP contribution is 2.23. The average molecular weight is 285 g/mol. The molecule has 0 aliphatic rings.